The average molecular weight is 278 g/mol. The molecule has 1 aliphatic rings. The van der Waals surface area contributed by atoms with E-state index in [1.165, 1.54) is 0 Å². The van der Waals surface area contributed by atoms with Crippen LogP contribution in [0.1, 0.15) is 37.3 Å². The van der Waals surface area contributed by atoms with Crippen LogP contribution in [0.2, 0.25) is 0 Å². The molecular weight excluding hydrogens is 252 g/mol. The second kappa shape index (κ2) is 5.48. The Balaban J connectivity index is 2.21. The van der Waals surface area contributed by atoms with Crippen molar-refractivity contribution in [3.8, 4) is 0 Å². The fraction of sp³-hybridized carbons (Fsp3) is 0.667. The highest BCUT2D eigenvalue weighted by Crippen LogP contribution is 2.24. The van der Waals surface area contributed by atoms with Gasteiger partial charge >= 0.3 is 0 Å². The minimum atomic E-state index is 0.0894. The third kappa shape index (κ3) is 2.68. The van der Waals surface area contributed by atoms with Crippen LogP contribution in [0.5, 0.6) is 0 Å². The number of aromatic nitrogens is 1. The molecular formula is C15H26N4O. The van der Waals surface area contributed by atoms with E-state index in [1.807, 2.05) is 15.7 Å². The van der Waals surface area contributed by atoms with Gasteiger partial charge in [-0.1, -0.05) is 6.92 Å². The zero-order valence-electron chi connectivity index (χ0n) is 13.1. The first-order valence-corrected chi connectivity index (χ1v) is 7.24. The average Bonchev–Trinajstić information content (AvgIpc) is 2.91. The maximum Gasteiger partial charge on any atom is 0.270 e. The van der Waals surface area contributed by atoms with Gasteiger partial charge in [-0.15, -0.1) is 0 Å². The monoisotopic (exact) mass is 278 g/mol. The Morgan fingerprint density at radius 3 is 2.55 bits per heavy atom. The van der Waals surface area contributed by atoms with Gasteiger partial charge in [0.25, 0.3) is 5.91 Å². The molecule has 0 aromatic carbocycles. The number of nitrogens with two attached hydrogens (primary N) is 1. The molecule has 1 aromatic heterocycles. The largest absolute Gasteiger partial charge is 0.397 e. The summed E-state index contributed by atoms with van der Waals surface area (Å²) >= 11 is 0. The molecule has 2 heterocycles. The minimum Gasteiger partial charge on any atom is -0.397 e. The van der Waals surface area contributed by atoms with E-state index in [9.17, 15) is 4.79 Å². The molecule has 0 radical (unpaired) electrons. The number of nitrogen functional groups attached to an aromatic ring is 1. The second-order valence-electron chi connectivity index (χ2n) is 6.38. The smallest absolute Gasteiger partial charge is 0.270 e. The van der Waals surface area contributed by atoms with Crippen LogP contribution in [-0.2, 0) is 0 Å². The number of carbonyl (C=O) groups excluding carboxylic acids is 1. The lowest BCUT2D eigenvalue weighted by molar-refractivity contribution is 0.0769. The van der Waals surface area contributed by atoms with E-state index in [4.69, 9.17) is 5.73 Å². The van der Waals surface area contributed by atoms with Gasteiger partial charge in [0.2, 0.25) is 0 Å². The summed E-state index contributed by atoms with van der Waals surface area (Å²) in [6.45, 7) is 7.92. The lowest BCUT2D eigenvalue weighted by Gasteiger charge is -2.22. The van der Waals surface area contributed by atoms with Crippen molar-refractivity contribution in [1.82, 2.24) is 14.4 Å². The predicted molar refractivity (Wildman–Crippen MR) is 81.8 cm³/mol. The summed E-state index contributed by atoms with van der Waals surface area (Å²) in [6.07, 6.45) is 1.85. The van der Waals surface area contributed by atoms with Gasteiger partial charge < -0.3 is 20.1 Å². The summed E-state index contributed by atoms with van der Waals surface area (Å²) in [7, 11) is 4.15. The molecule has 1 saturated heterocycles. The zero-order valence-corrected chi connectivity index (χ0v) is 13.1. The van der Waals surface area contributed by atoms with Crippen molar-refractivity contribution < 1.29 is 4.79 Å². The lowest BCUT2D eigenvalue weighted by atomic mass is 10.1. The molecule has 20 heavy (non-hydrogen) atoms. The predicted octanol–water partition coefficient (Wildman–Crippen LogP) is 1.67. The molecule has 2 atom stereocenters. The van der Waals surface area contributed by atoms with Crippen LogP contribution in [0.3, 0.4) is 0 Å². The molecule has 5 nitrogen and oxygen atoms in total. The second-order valence-corrected chi connectivity index (χ2v) is 6.38. The van der Waals surface area contributed by atoms with E-state index in [0.29, 0.717) is 23.3 Å². The molecule has 5 heteroatoms. The maximum atomic E-state index is 12.7. The Morgan fingerprint density at radius 2 is 2.05 bits per heavy atom. The molecule has 1 fully saturated rings. The van der Waals surface area contributed by atoms with Crippen molar-refractivity contribution in [2.75, 3.05) is 32.9 Å². The molecule has 2 N–H and O–H groups in total. The Labute approximate surface area is 121 Å². The number of nitrogens with zero attached hydrogens (tertiary/aromatic N) is 3. The summed E-state index contributed by atoms with van der Waals surface area (Å²) in [6, 6.07) is 2.45. The van der Waals surface area contributed by atoms with Gasteiger partial charge in [0.05, 0.1) is 5.69 Å². The van der Waals surface area contributed by atoms with Crippen LogP contribution < -0.4 is 5.73 Å². The summed E-state index contributed by atoms with van der Waals surface area (Å²) in [5.74, 6) is 0.584. The Bertz CT molecular complexity index is 492. The third-order valence-corrected chi connectivity index (χ3v) is 4.17. The molecule has 0 aliphatic carbocycles. The van der Waals surface area contributed by atoms with Crippen molar-refractivity contribution in [1.29, 1.82) is 0 Å². The normalized spacial score (nSPS) is 23.1. The van der Waals surface area contributed by atoms with E-state index in [0.717, 1.165) is 13.1 Å². The van der Waals surface area contributed by atoms with Crippen LogP contribution in [0.15, 0.2) is 12.3 Å². The van der Waals surface area contributed by atoms with Crippen LogP contribution >= 0.6 is 0 Å². The van der Waals surface area contributed by atoms with Crippen LogP contribution in [0, 0.1) is 5.92 Å². The molecule has 2 unspecified atom stereocenters. The van der Waals surface area contributed by atoms with Crippen molar-refractivity contribution in [2.24, 2.45) is 5.92 Å². The Hall–Kier alpha value is -1.49. The molecule has 1 aromatic rings. The summed E-state index contributed by atoms with van der Waals surface area (Å²) in [5, 5.41) is 0. The van der Waals surface area contributed by atoms with Gasteiger partial charge in [-0.25, -0.2) is 0 Å². The van der Waals surface area contributed by atoms with E-state index < -0.39 is 0 Å². The number of likely N-dealkylation sites (N-methyl/N-ethyl adjacent to an activating group) is 1. The van der Waals surface area contributed by atoms with E-state index in [2.05, 4.69) is 39.8 Å². The number of likely N-dealkylation sites (tertiary alicyclic amines) is 1. The van der Waals surface area contributed by atoms with Crippen molar-refractivity contribution in [3.05, 3.63) is 18.0 Å². The summed E-state index contributed by atoms with van der Waals surface area (Å²) in [4.78, 5) is 16.9. The SMILES string of the molecule is CC1CN(C(=O)c2cc(N)cn2C(C)C)CC1N(C)C. The van der Waals surface area contributed by atoms with Gasteiger partial charge in [0.1, 0.15) is 5.69 Å². The molecule has 2 rings (SSSR count). The maximum absolute atomic E-state index is 12.7. The van der Waals surface area contributed by atoms with Gasteiger partial charge in [-0.2, -0.15) is 0 Å². The van der Waals surface area contributed by atoms with E-state index in [1.54, 1.807) is 6.07 Å². The number of amides is 1. The quantitative estimate of drug-likeness (QED) is 0.915. The lowest BCUT2D eigenvalue weighted by Crippen LogP contribution is -2.36. The van der Waals surface area contributed by atoms with Crippen LogP contribution in [0.4, 0.5) is 5.69 Å². The first kappa shape index (κ1) is 14.9. The number of hydrogen-bond donors (Lipinski definition) is 1. The highest BCUT2D eigenvalue weighted by molar-refractivity contribution is 5.94. The highest BCUT2D eigenvalue weighted by atomic mass is 16.2. The minimum absolute atomic E-state index is 0.0894. The number of rotatable bonds is 3. The van der Waals surface area contributed by atoms with Crippen LogP contribution in [0.25, 0.3) is 0 Å². The van der Waals surface area contributed by atoms with Crippen molar-refractivity contribution >= 4 is 11.6 Å². The molecule has 0 spiro atoms. The van der Waals surface area contributed by atoms with Gasteiger partial charge in [0.15, 0.2) is 0 Å². The fourth-order valence-corrected chi connectivity index (χ4v) is 3.05. The fourth-order valence-electron chi connectivity index (χ4n) is 3.05. The summed E-state index contributed by atoms with van der Waals surface area (Å²) in [5.41, 5.74) is 7.21. The van der Waals surface area contributed by atoms with Crippen molar-refractivity contribution in [2.45, 2.75) is 32.9 Å². The molecule has 1 aliphatic heterocycles. The van der Waals surface area contributed by atoms with E-state index >= 15 is 0 Å². The third-order valence-electron chi connectivity index (χ3n) is 4.17. The Kier molecular flexibility index (Phi) is 4.09. The molecule has 1 amide bonds. The number of hydrogen-bond acceptors (Lipinski definition) is 3. The first-order valence-electron chi connectivity index (χ1n) is 7.24. The van der Waals surface area contributed by atoms with Gasteiger partial charge in [-0.05, 0) is 39.9 Å². The van der Waals surface area contributed by atoms with Crippen LogP contribution in [-0.4, -0.2) is 53.5 Å². The number of anilines is 1. The van der Waals surface area contributed by atoms with E-state index in [-0.39, 0.29) is 11.9 Å². The molecule has 0 bridgehead atoms. The van der Waals surface area contributed by atoms with Gasteiger partial charge in [-0.3, -0.25) is 4.79 Å². The highest BCUT2D eigenvalue weighted by Gasteiger charge is 2.35. The van der Waals surface area contributed by atoms with Gasteiger partial charge in [0, 0.05) is 31.4 Å². The topological polar surface area (TPSA) is 54.5 Å². The first-order chi connectivity index (χ1) is 9.31. The number of carbonyl (C=O) groups is 1. The zero-order chi connectivity index (χ0) is 15.0. The summed E-state index contributed by atoms with van der Waals surface area (Å²) < 4.78 is 1.96. The standard InChI is InChI=1S/C15H26N4O/c1-10(2)19-8-12(16)6-13(19)15(20)18-7-11(3)14(9-18)17(4)5/h6,8,10-11,14H,7,9,16H2,1-5H3. The Morgan fingerprint density at radius 1 is 1.40 bits per heavy atom. The van der Waals surface area contributed by atoms with Crippen molar-refractivity contribution in [3.63, 3.8) is 0 Å². The molecule has 0 saturated carbocycles. The molecule has 112 valence electrons.